The SMILES string of the molecule is CC(=O)[O][Sn]([O]C(C)=O)([CH]1C=CC=C1)[CH]1C=CC=C1. The van der Waals surface area contributed by atoms with Crippen LogP contribution in [0.25, 0.3) is 0 Å². The van der Waals surface area contributed by atoms with E-state index in [-0.39, 0.29) is 19.8 Å². The van der Waals surface area contributed by atoms with E-state index in [1.807, 2.05) is 48.6 Å². The van der Waals surface area contributed by atoms with Crippen LogP contribution < -0.4 is 0 Å². The van der Waals surface area contributed by atoms with E-state index in [1.54, 1.807) is 0 Å². The average molecular weight is 367 g/mol. The molecule has 0 unspecified atom stereocenters. The topological polar surface area (TPSA) is 52.6 Å². The molecule has 0 bridgehead atoms. The normalized spacial score (nSPS) is 18.2. The summed E-state index contributed by atoms with van der Waals surface area (Å²) >= 11 is -4.00. The quantitative estimate of drug-likeness (QED) is 0.717. The Morgan fingerprint density at radius 3 is 1.37 bits per heavy atom. The Kier molecular flexibility index (Phi) is 4.29. The van der Waals surface area contributed by atoms with Crippen molar-refractivity contribution in [2.24, 2.45) is 0 Å². The molecule has 100 valence electrons. The third-order valence-corrected chi connectivity index (χ3v) is 14.0. The Morgan fingerprint density at radius 2 is 1.11 bits per heavy atom. The Labute approximate surface area is 117 Å². The molecule has 0 aromatic carbocycles. The molecule has 0 atom stereocenters. The summed E-state index contributed by atoms with van der Waals surface area (Å²) in [7, 11) is 0. The molecule has 0 fully saturated rings. The van der Waals surface area contributed by atoms with Gasteiger partial charge in [0.05, 0.1) is 0 Å². The van der Waals surface area contributed by atoms with Gasteiger partial charge in [-0.1, -0.05) is 0 Å². The van der Waals surface area contributed by atoms with Gasteiger partial charge in [-0.2, -0.15) is 0 Å². The molecule has 0 aromatic heterocycles. The summed E-state index contributed by atoms with van der Waals surface area (Å²) < 4.78 is 11.1. The van der Waals surface area contributed by atoms with Crippen LogP contribution in [0, 0.1) is 0 Å². The number of rotatable bonds is 4. The van der Waals surface area contributed by atoms with Crippen LogP contribution in [-0.2, 0) is 15.7 Å². The van der Waals surface area contributed by atoms with Crippen LogP contribution in [-0.4, -0.2) is 31.1 Å². The number of carbonyl (C=O) groups is 2. The van der Waals surface area contributed by atoms with E-state index < -0.39 is 19.2 Å². The van der Waals surface area contributed by atoms with Gasteiger partial charge in [-0.15, -0.1) is 0 Å². The maximum atomic E-state index is 11.5. The minimum absolute atomic E-state index is 0.0838. The van der Waals surface area contributed by atoms with Gasteiger partial charge >= 0.3 is 117 Å². The van der Waals surface area contributed by atoms with E-state index >= 15 is 0 Å². The van der Waals surface area contributed by atoms with Gasteiger partial charge in [0.1, 0.15) is 0 Å². The molecule has 4 nitrogen and oxygen atoms in total. The predicted octanol–water partition coefficient (Wildman–Crippen LogP) is 2.55. The maximum absolute atomic E-state index is 11.5. The van der Waals surface area contributed by atoms with Crippen LogP contribution in [0.4, 0.5) is 0 Å². The van der Waals surface area contributed by atoms with E-state index in [1.165, 1.54) is 13.8 Å². The van der Waals surface area contributed by atoms with E-state index in [0.717, 1.165) is 0 Å². The molecule has 2 aliphatic rings. The molecule has 0 amide bonds. The van der Waals surface area contributed by atoms with Crippen molar-refractivity contribution >= 4 is 31.1 Å². The molecule has 0 heterocycles. The number of allylic oxidation sites excluding steroid dienone is 8. The van der Waals surface area contributed by atoms with Gasteiger partial charge in [-0.3, -0.25) is 0 Å². The molecule has 5 heteroatoms. The van der Waals surface area contributed by atoms with Crippen molar-refractivity contribution in [1.29, 1.82) is 0 Å². The fourth-order valence-electron chi connectivity index (χ4n) is 2.36. The summed E-state index contributed by atoms with van der Waals surface area (Å²) in [5, 5.41) is 0. The second-order valence-corrected chi connectivity index (χ2v) is 13.6. The van der Waals surface area contributed by atoms with Crippen LogP contribution in [0.5, 0.6) is 0 Å². The monoisotopic (exact) mass is 368 g/mol. The second kappa shape index (κ2) is 5.77. The van der Waals surface area contributed by atoms with Gasteiger partial charge in [0.2, 0.25) is 0 Å². The van der Waals surface area contributed by atoms with Crippen molar-refractivity contribution < 1.29 is 15.7 Å². The van der Waals surface area contributed by atoms with Crippen LogP contribution in [0.2, 0.25) is 7.87 Å². The molecule has 0 saturated heterocycles. The Morgan fingerprint density at radius 1 is 0.789 bits per heavy atom. The predicted molar refractivity (Wildman–Crippen MR) is 73.3 cm³/mol. The molecule has 0 spiro atoms. The second-order valence-electron chi connectivity index (χ2n) is 4.50. The standard InChI is InChI=1S/2C5H5.2C2H4O2.Sn/c2*1-2-4-5-3-1;2*1-2(3)4;/h2*1-5H;2*1H3,(H,3,4);/q;;;;+2/p-2. The van der Waals surface area contributed by atoms with Crippen molar-refractivity contribution in [1.82, 2.24) is 0 Å². The van der Waals surface area contributed by atoms with Crippen molar-refractivity contribution in [3.05, 3.63) is 48.6 Å². The van der Waals surface area contributed by atoms with Gasteiger partial charge in [0, 0.05) is 0 Å². The summed E-state index contributed by atoms with van der Waals surface area (Å²) in [5.74, 6) is -0.779. The molecule has 0 saturated carbocycles. The van der Waals surface area contributed by atoms with Crippen molar-refractivity contribution in [2.75, 3.05) is 0 Å². The molecule has 19 heavy (non-hydrogen) atoms. The van der Waals surface area contributed by atoms with Gasteiger partial charge in [0.25, 0.3) is 0 Å². The molecule has 0 aromatic rings. The van der Waals surface area contributed by atoms with Crippen molar-refractivity contribution in [3.63, 3.8) is 0 Å². The van der Waals surface area contributed by atoms with Crippen LogP contribution in [0.15, 0.2) is 48.6 Å². The number of hydrogen-bond donors (Lipinski definition) is 0. The zero-order chi connectivity index (χ0) is 13.9. The minimum atomic E-state index is -4.00. The molecule has 0 aliphatic heterocycles. The third kappa shape index (κ3) is 3.00. The van der Waals surface area contributed by atoms with Crippen LogP contribution in [0.3, 0.4) is 0 Å². The third-order valence-electron chi connectivity index (χ3n) is 3.03. The molecule has 2 aliphatic carbocycles. The first kappa shape index (κ1) is 14.1. The number of hydrogen-bond acceptors (Lipinski definition) is 4. The van der Waals surface area contributed by atoms with Crippen molar-refractivity contribution in [3.8, 4) is 0 Å². The van der Waals surface area contributed by atoms with E-state index in [2.05, 4.69) is 0 Å². The Bertz CT molecular complexity index is 432. The molecule has 2 rings (SSSR count). The first-order valence-electron chi connectivity index (χ1n) is 6.14. The Hall–Kier alpha value is -1.30. The first-order chi connectivity index (χ1) is 9.04. The Balaban J connectivity index is 2.41. The molecule has 0 N–H and O–H groups in total. The van der Waals surface area contributed by atoms with Crippen molar-refractivity contribution in [2.45, 2.75) is 21.7 Å². The molecule has 0 radical (unpaired) electrons. The summed E-state index contributed by atoms with van der Waals surface area (Å²) in [6.45, 7) is 2.72. The van der Waals surface area contributed by atoms with E-state index in [9.17, 15) is 9.59 Å². The van der Waals surface area contributed by atoms with Crippen LogP contribution >= 0.6 is 0 Å². The molecular formula is C14H16O4Sn. The fraction of sp³-hybridized carbons (Fsp3) is 0.286. The van der Waals surface area contributed by atoms with E-state index in [0.29, 0.717) is 0 Å². The van der Waals surface area contributed by atoms with Gasteiger partial charge in [-0.25, -0.2) is 0 Å². The van der Waals surface area contributed by atoms with Gasteiger partial charge in [0.15, 0.2) is 0 Å². The summed E-state index contributed by atoms with van der Waals surface area (Å²) in [4.78, 5) is 23.0. The first-order valence-corrected chi connectivity index (χ1v) is 11.8. The van der Waals surface area contributed by atoms with E-state index in [4.69, 9.17) is 6.15 Å². The zero-order valence-corrected chi connectivity index (χ0v) is 13.8. The van der Waals surface area contributed by atoms with Gasteiger partial charge < -0.3 is 0 Å². The number of carbonyl (C=O) groups excluding carboxylic acids is 2. The average Bonchev–Trinajstić information content (AvgIpc) is 3.01. The summed E-state index contributed by atoms with van der Waals surface area (Å²) in [6.07, 6.45) is 15.4. The fourth-order valence-corrected chi connectivity index (χ4v) is 12.2. The summed E-state index contributed by atoms with van der Waals surface area (Å²) in [6, 6.07) is 0. The van der Waals surface area contributed by atoms with Gasteiger partial charge in [-0.05, 0) is 0 Å². The summed E-state index contributed by atoms with van der Waals surface area (Å²) in [5.41, 5.74) is 0. The zero-order valence-electron chi connectivity index (χ0n) is 10.9. The van der Waals surface area contributed by atoms with Crippen LogP contribution in [0.1, 0.15) is 13.8 Å². The molecular weight excluding hydrogens is 351 g/mol.